The fourth-order valence-corrected chi connectivity index (χ4v) is 3.67. The lowest BCUT2D eigenvalue weighted by atomic mass is 10.2. The zero-order valence-corrected chi connectivity index (χ0v) is 14.0. The average Bonchev–Trinajstić information content (AvgIpc) is 3.15. The molecule has 22 heavy (non-hydrogen) atoms. The minimum atomic E-state index is -0.217. The highest BCUT2D eigenvalue weighted by molar-refractivity contribution is 7.16. The van der Waals surface area contributed by atoms with Crippen LogP contribution in [0, 0.1) is 0 Å². The maximum Gasteiger partial charge on any atom is 0.251 e. The number of halogens is 1. The van der Waals surface area contributed by atoms with E-state index in [1.807, 2.05) is 12.1 Å². The molecule has 0 bridgehead atoms. The molecule has 8 heteroatoms. The third-order valence-corrected chi connectivity index (χ3v) is 5.04. The summed E-state index contributed by atoms with van der Waals surface area (Å²) >= 11 is 8.50. The Labute approximate surface area is 140 Å². The molecule has 1 aromatic carbocycles. The molecule has 3 aromatic rings. The minimum absolute atomic E-state index is 0.167. The van der Waals surface area contributed by atoms with E-state index in [-0.39, 0.29) is 12.0 Å². The Hall–Kier alpha value is -1.54. The van der Waals surface area contributed by atoms with Gasteiger partial charge in [-0.25, -0.2) is 0 Å². The van der Waals surface area contributed by atoms with Gasteiger partial charge in [0.15, 0.2) is 0 Å². The normalized spacial score (nSPS) is 12.5. The number of hydrogen-bond acceptors (Lipinski definition) is 6. The molecule has 114 valence electrons. The van der Waals surface area contributed by atoms with Crippen LogP contribution in [0.15, 0.2) is 30.3 Å². The van der Waals surface area contributed by atoms with Crippen LogP contribution in [-0.4, -0.2) is 28.3 Å². The highest BCUT2D eigenvalue weighted by Crippen LogP contribution is 2.28. The molecule has 0 fully saturated rings. The van der Waals surface area contributed by atoms with Crippen LogP contribution in [0.1, 0.15) is 21.3 Å². The molecule has 1 amide bonds. The van der Waals surface area contributed by atoms with E-state index in [1.165, 1.54) is 11.3 Å². The molecule has 0 saturated heterocycles. The van der Waals surface area contributed by atoms with Crippen molar-refractivity contribution in [2.45, 2.75) is 6.10 Å². The zero-order valence-electron chi connectivity index (χ0n) is 11.6. The van der Waals surface area contributed by atoms with Crippen LogP contribution in [0.5, 0.6) is 0 Å². The molecular formula is C14H12ClN3O2S2. The summed E-state index contributed by atoms with van der Waals surface area (Å²) in [5.41, 5.74) is 2.08. The van der Waals surface area contributed by atoms with E-state index in [1.54, 1.807) is 25.3 Å². The van der Waals surface area contributed by atoms with Gasteiger partial charge >= 0.3 is 0 Å². The van der Waals surface area contributed by atoms with Gasteiger partial charge in [0.25, 0.3) is 5.91 Å². The monoisotopic (exact) mass is 353 g/mol. The quantitative estimate of drug-likeness (QED) is 0.762. The zero-order chi connectivity index (χ0) is 15.5. The van der Waals surface area contributed by atoms with Crippen molar-refractivity contribution in [2.24, 2.45) is 0 Å². The van der Waals surface area contributed by atoms with E-state index in [0.29, 0.717) is 16.4 Å². The Morgan fingerprint density at radius 3 is 2.86 bits per heavy atom. The van der Waals surface area contributed by atoms with Crippen LogP contribution in [-0.2, 0) is 4.74 Å². The number of thiophene rings is 1. The largest absolute Gasteiger partial charge is 0.374 e. The van der Waals surface area contributed by atoms with Gasteiger partial charge in [-0.1, -0.05) is 11.6 Å². The number of nitrogens with zero attached hydrogens (tertiary/aromatic N) is 2. The van der Waals surface area contributed by atoms with Crippen LogP contribution in [0.4, 0.5) is 0 Å². The highest BCUT2D eigenvalue weighted by atomic mass is 35.5. The molecule has 0 unspecified atom stereocenters. The van der Waals surface area contributed by atoms with Gasteiger partial charge in [-0.15, -0.1) is 11.3 Å². The summed E-state index contributed by atoms with van der Waals surface area (Å²) in [6.45, 7) is 0.375. The summed E-state index contributed by atoms with van der Waals surface area (Å²) in [5.74, 6) is -0.167. The van der Waals surface area contributed by atoms with Crippen molar-refractivity contribution >= 4 is 51.6 Å². The maximum absolute atomic E-state index is 12.2. The first kappa shape index (κ1) is 15.4. The van der Waals surface area contributed by atoms with Crippen LogP contribution in [0.25, 0.3) is 11.0 Å². The van der Waals surface area contributed by atoms with Gasteiger partial charge in [0, 0.05) is 24.1 Å². The van der Waals surface area contributed by atoms with E-state index in [0.717, 1.165) is 27.6 Å². The number of methoxy groups -OCH3 is 1. The molecule has 2 heterocycles. The lowest BCUT2D eigenvalue weighted by molar-refractivity contribution is 0.0838. The number of aromatic nitrogens is 2. The van der Waals surface area contributed by atoms with Crippen LogP contribution >= 0.6 is 34.7 Å². The highest BCUT2D eigenvalue weighted by Gasteiger charge is 2.15. The summed E-state index contributed by atoms with van der Waals surface area (Å²) < 4.78 is 14.4. The number of benzene rings is 1. The van der Waals surface area contributed by atoms with Gasteiger partial charge in [-0.3, -0.25) is 4.79 Å². The topological polar surface area (TPSA) is 64.1 Å². The van der Waals surface area contributed by atoms with Crippen molar-refractivity contribution in [3.05, 3.63) is 45.1 Å². The molecule has 0 saturated carbocycles. The van der Waals surface area contributed by atoms with Crippen molar-refractivity contribution in [1.29, 1.82) is 0 Å². The molecule has 0 spiro atoms. The van der Waals surface area contributed by atoms with E-state index in [2.05, 4.69) is 14.1 Å². The maximum atomic E-state index is 12.2. The average molecular weight is 354 g/mol. The molecule has 3 rings (SSSR count). The first-order chi connectivity index (χ1) is 10.7. The van der Waals surface area contributed by atoms with Crippen LogP contribution in [0.2, 0.25) is 4.34 Å². The SMILES string of the molecule is CO[C@H](CNC(=O)c1ccc2nsnc2c1)c1ccc(Cl)s1. The molecule has 0 aliphatic carbocycles. The Kier molecular flexibility index (Phi) is 4.68. The van der Waals surface area contributed by atoms with E-state index < -0.39 is 0 Å². The summed E-state index contributed by atoms with van der Waals surface area (Å²) in [5, 5.41) is 2.87. The van der Waals surface area contributed by atoms with Crippen LogP contribution in [0.3, 0.4) is 0 Å². The lowest BCUT2D eigenvalue weighted by Crippen LogP contribution is -2.28. The molecule has 0 radical (unpaired) electrons. The lowest BCUT2D eigenvalue weighted by Gasteiger charge is -2.14. The van der Waals surface area contributed by atoms with E-state index >= 15 is 0 Å². The van der Waals surface area contributed by atoms with E-state index in [4.69, 9.17) is 16.3 Å². The third-order valence-electron chi connectivity index (χ3n) is 3.16. The van der Waals surface area contributed by atoms with Crippen molar-refractivity contribution < 1.29 is 9.53 Å². The number of nitrogens with one attached hydrogen (secondary N) is 1. The fourth-order valence-electron chi connectivity index (χ4n) is 2.01. The molecule has 5 nitrogen and oxygen atoms in total. The standard InChI is InChI=1S/C14H12ClN3O2S2/c1-20-11(12-4-5-13(15)21-12)7-16-14(19)8-2-3-9-10(6-8)18-22-17-9/h2-6,11H,7H2,1H3,(H,16,19)/t11-/m1/s1. The Morgan fingerprint density at radius 2 is 2.14 bits per heavy atom. The number of hydrogen-bond donors (Lipinski definition) is 1. The number of rotatable bonds is 5. The number of carbonyl (C=O) groups excluding carboxylic acids is 1. The van der Waals surface area contributed by atoms with Gasteiger partial charge in [-0.05, 0) is 30.3 Å². The second kappa shape index (κ2) is 6.70. The first-order valence-corrected chi connectivity index (χ1v) is 8.38. The molecule has 0 aliphatic heterocycles. The molecule has 2 aromatic heterocycles. The van der Waals surface area contributed by atoms with Gasteiger partial charge in [0.2, 0.25) is 0 Å². The Morgan fingerprint density at radius 1 is 1.32 bits per heavy atom. The van der Waals surface area contributed by atoms with Crippen molar-refractivity contribution in [1.82, 2.24) is 14.1 Å². The number of amides is 1. The summed E-state index contributed by atoms with van der Waals surface area (Å²) in [6.07, 6.45) is -0.217. The Bertz CT molecular complexity index is 802. The third kappa shape index (κ3) is 3.27. The predicted octanol–water partition coefficient (Wildman–Crippen LogP) is 3.52. The first-order valence-electron chi connectivity index (χ1n) is 6.46. The smallest absolute Gasteiger partial charge is 0.251 e. The van der Waals surface area contributed by atoms with Crippen molar-refractivity contribution in [3.8, 4) is 0 Å². The summed E-state index contributed by atoms with van der Waals surface area (Å²) in [4.78, 5) is 13.2. The number of ether oxygens (including phenoxy) is 1. The molecule has 1 atom stereocenters. The number of fused-ring (bicyclic) bond motifs is 1. The molecular weight excluding hydrogens is 342 g/mol. The predicted molar refractivity (Wildman–Crippen MR) is 88.8 cm³/mol. The second-order valence-corrected chi connectivity index (χ2v) is 6.82. The van der Waals surface area contributed by atoms with Crippen molar-refractivity contribution in [2.75, 3.05) is 13.7 Å². The fraction of sp³-hybridized carbons (Fsp3) is 0.214. The summed E-state index contributed by atoms with van der Waals surface area (Å²) in [7, 11) is 1.61. The molecule has 0 aliphatic rings. The van der Waals surface area contributed by atoms with Gasteiger partial charge in [0.1, 0.15) is 17.1 Å². The van der Waals surface area contributed by atoms with Crippen molar-refractivity contribution in [3.63, 3.8) is 0 Å². The number of carbonyl (C=O) groups is 1. The Balaban J connectivity index is 1.68. The van der Waals surface area contributed by atoms with Gasteiger partial charge in [0.05, 0.1) is 16.1 Å². The molecule has 1 N–H and O–H groups in total. The second-order valence-electron chi connectivity index (χ2n) is 4.54. The minimum Gasteiger partial charge on any atom is -0.374 e. The summed E-state index contributed by atoms with van der Waals surface area (Å²) in [6, 6.07) is 8.99. The van der Waals surface area contributed by atoms with E-state index in [9.17, 15) is 4.79 Å². The van der Waals surface area contributed by atoms with Gasteiger partial charge in [-0.2, -0.15) is 8.75 Å². The van der Waals surface area contributed by atoms with Crippen LogP contribution < -0.4 is 5.32 Å². The van der Waals surface area contributed by atoms with Gasteiger partial charge < -0.3 is 10.1 Å².